The second-order valence-electron chi connectivity index (χ2n) is 11.1. The Balaban J connectivity index is 1.16. The summed E-state index contributed by atoms with van der Waals surface area (Å²) < 4.78 is 6.59. The Labute approximate surface area is 174 Å². The largest absolute Gasteiger partial charge is 0.391 e. The van der Waals surface area contributed by atoms with Gasteiger partial charge in [0.1, 0.15) is 5.82 Å². The number of aliphatic hydroxyl groups excluding tert-OH is 1. The van der Waals surface area contributed by atoms with Crippen molar-refractivity contribution >= 4 is 11.8 Å². The minimum atomic E-state index is -0.257. The van der Waals surface area contributed by atoms with Crippen molar-refractivity contribution in [2.24, 2.45) is 16.7 Å². The quantitative estimate of drug-likeness (QED) is 0.711. The Morgan fingerprint density at radius 3 is 2.72 bits per heavy atom. The molecule has 6 heteroatoms. The Morgan fingerprint density at radius 2 is 2.00 bits per heavy atom. The van der Waals surface area contributed by atoms with E-state index in [0.717, 1.165) is 37.7 Å². The van der Waals surface area contributed by atoms with Crippen LogP contribution in [0.1, 0.15) is 65.2 Å². The molecule has 4 saturated carbocycles. The highest BCUT2D eigenvalue weighted by Crippen LogP contribution is 2.67. The number of aliphatic hydroxyl groups is 1. The number of hydrogen-bond acceptors (Lipinski definition) is 6. The number of β-amino-alcohol motifs (C(OH)–C–C–N with tert-alkyl or cyclic N) is 1. The molecule has 0 aromatic carbocycles. The molecule has 6 nitrogen and oxygen atoms in total. The van der Waals surface area contributed by atoms with Crippen molar-refractivity contribution in [3.63, 3.8) is 0 Å². The maximum absolute atomic E-state index is 9.92. The van der Waals surface area contributed by atoms with Gasteiger partial charge in [0.05, 0.1) is 18.3 Å². The molecule has 6 rings (SSSR count). The van der Waals surface area contributed by atoms with E-state index in [1.165, 1.54) is 38.5 Å². The number of nitrogens with one attached hydrogen (secondary N) is 1. The molecule has 3 atom stereocenters. The predicted molar refractivity (Wildman–Crippen MR) is 114 cm³/mol. The number of hydrogen-bond donors (Lipinski definition) is 2. The normalized spacial score (nSPS) is 41.0. The minimum Gasteiger partial charge on any atom is -0.391 e. The van der Waals surface area contributed by atoms with Gasteiger partial charge in [0.25, 0.3) is 0 Å². The summed E-state index contributed by atoms with van der Waals surface area (Å²) >= 11 is 0. The van der Waals surface area contributed by atoms with Crippen LogP contribution in [0.15, 0.2) is 12.3 Å². The fourth-order valence-electron chi connectivity index (χ4n) is 7.71. The van der Waals surface area contributed by atoms with E-state index in [2.05, 4.69) is 34.0 Å². The first-order valence-corrected chi connectivity index (χ1v) is 11.5. The first-order valence-electron chi connectivity index (χ1n) is 11.5. The maximum Gasteiger partial charge on any atom is 0.224 e. The van der Waals surface area contributed by atoms with Gasteiger partial charge in [-0.15, -0.1) is 0 Å². The van der Waals surface area contributed by atoms with Gasteiger partial charge in [0, 0.05) is 25.8 Å². The molecule has 0 radical (unpaired) electrons. The van der Waals surface area contributed by atoms with Crippen molar-refractivity contribution in [2.75, 3.05) is 36.5 Å². The molecule has 1 aliphatic heterocycles. The summed E-state index contributed by atoms with van der Waals surface area (Å²) in [5.74, 6) is 2.40. The van der Waals surface area contributed by atoms with E-state index >= 15 is 0 Å². The lowest BCUT2D eigenvalue weighted by molar-refractivity contribution is -0.212. The van der Waals surface area contributed by atoms with E-state index in [-0.39, 0.29) is 11.7 Å². The standard InChI is InChI=1S/C23H36N4O2/c1-21-10-17-11-22(2,14-21)16-23(12-17,15-21)29-9-7-25-20-24-6-5-19(26-20)27-8-3-4-18(28)13-27/h5-6,17-18,28H,3-4,7-16H2,1-2H3,(H,24,25,26). The lowest BCUT2D eigenvalue weighted by Crippen LogP contribution is -2.59. The smallest absolute Gasteiger partial charge is 0.224 e. The van der Waals surface area contributed by atoms with Crippen LogP contribution in [0.4, 0.5) is 11.8 Å². The van der Waals surface area contributed by atoms with Crippen molar-refractivity contribution in [3.05, 3.63) is 12.3 Å². The van der Waals surface area contributed by atoms with Gasteiger partial charge < -0.3 is 20.1 Å². The highest BCUT2D eigenvalue weighted by Gasteiger charge is 2.60. The number of piperidine rings is 1. The van der Waals surface area contributed by atoms with Crippen molar-refractivity contribution in [2.45, 2.75) is 76.9 Å². The van der Waals surface area contributed by atoms with Crippen LogP contribution in [0.25, 0.3) is 0 Å². The minimum absolute atomic E-state index is 0.0945. The molecule has 1 aromatic rings. The second-order valence-corrected chi connectivity index (χ2v) is 11.1. The lowest BCUT2D eigenvalue weighted by atomic mass is 9.43. The Bertz CT molecular complexity index is 738. The molecule has 1 saturated heterocycles. The molecule has 4 aliphatic carbocycles. The Kier molecular flexibility index (Phi) is 4.78. The predicted octanol–water partition coefficient (Wildman–Crippen LogP) is 3.62. The van der Waals surface area contributed by atoms with Crippen LogP contribution < -0.4 is 10.2 Å². The van der Waals surface area contributed by atoms with E-state index in [9.17, 15) is 5.11 Å². The van der Waals surface area contributed by atoms with Gasteiger partial charge in [-0.3, -0.25) is 0 Å². The number of rotatable bonds is 6. The van der Waals surface area contributed by atoms with Crippen LogP contribution in [-0.4, -0.2) is 53.0 Å². The van der Waals surface area contributed by atoms with Gasteiger partial charge >= 0.3 is 0 Å². The first kappa shape index (κ1) is 19.6. The van der Waals surface area contributed by atoms with E-state index in [4.69, 9.17) is 4.74 Å². The third-order valence-corrected chi connectivity index (χ3v) is 7.73. The van der Waals surface area contributed by atoms with Crippen LogP contribution in [0.3, 0.4) is 0 Å². The summed E-state index contributed by atoms with van der Waals surface area (Å²) in [6.45, 7) is 8.01. The molecule has 2 heterocycles. The summed E-state index contributed by atoms with van der Waals surface area (Å²) in [6, 6.07) is 1.93. The van der Waals surface area contributed by atoms with Crippen LogP contribution in [0.5, 0.6) is 0 Å². The molecule has 4 bridgehead atoms. The summed E-state index contributed by atoms with van der Waals surface area (Å²) in [5, 5.41) is 13.3. The van der Waals surface area contributed by atoms with E-state index in [1.54, 1.807) is 6.20 Å². The molecule has 1 aromatic heterocycles. The first-order chi connectivity index (χ1) is 13.8. The monoisotopic (exact) mass is 400 g/mol. The number of nitrogens with zero attached hydrogens (tertiary/aromatic N) is 3. The van der Waals surface area contributed by atoms with Crippen molar-refractivity contribution < 1.29 is 9.84 Å². The highest BCUT2D eigenvalue weighted by atomic mass is 16.5. The van der Waals surface area contributed by atoms with Crippen LogP contribution in [0.2, 0.25) is 0 Å². The lowest BCUT2D eigenvalue weighted by Gasteiger charge is -2.65. The fraction of sp³-hybridized carbons (Fsp3) is 0.826. The van der Waals surface area contributed by atoms with E-state index in [0.29, 0.717) is 29.9 Å². The van der Waals surface area contributed by atoms with Gasteiger partial charge in [0.15, 0.2) is 0 Å². The van der Waals surface area contributed by atoms with Gasteiger partial charge in [-0.2, -0.15) is 4.98 Å². The summed E-state index contributed by atoms with van der Waals surface area (Å²) in [6.07, 6.45) is 11.3. The molecule has 0 amide bonds. The molecule has 5 fully saturated rings. The van der Waals surface area contributed by atoms with Crippen LogP contribution >= 0.6 is 0 Å². The van der Waals surface area contributed by atoms with Crippen molar-refractivity contribution in [3.8, 4) is 0 Å². The molecule has 3 unspecified atom stereocenters. The summed E-state index contributed by atoms with van der Waals surface area (Å²) in [4.78, 5) is 11.2. The molecular weight excluding hydrogens is 364 g/mol. The highest BCUT2D eigenvalue weighted by molar-refractivity contribution is 5.43. The molecule has 0 spiro atoms. The molecule has 2 N–H and O–H groups in total. The molecule has 160 valence electrons. The number of ether oxygens (including phenoxy) is 1. The molecular formula is C23H36N4O2. The number of anilines is 2. The SMILES string of the molecule is CC12CC3CC(C)(C1)CC(OCCNc1nccc(N4CCCC(O)C4)n1)(C3)C2. The summed E-state index contributed by atoms with van der Waals surface area (Å²) in [7, 11) is 0. The van der Waals surface area contributed by atoms with Crippen LogP contribution in [0, 0.1) is 16.7 Å². The van der Waals surface area contributed by atoms with Gasteiger partial charge in [-0.25, -0.2) is 4.98 Å². The molecule has 29 heavy (non-hydrogen) atoms. The zero-order valence-electron chi connectivity index (χ0n) is 18.0. The fourth-order valence-corrected chi connectivity index (χ4v) is 7.71. The average Bonchev–Trinajstić information content (AvgIpc) is 2.63. The van der Waals surface area contributed by atoms with Gasteiger partial charge in [-0.1, -0.05) is 13.8 Å². The maximum atomic E-state index is 9.92. The Morgan fingerprint density at radius 1 is 1.21 bits per heavy atom. The van der Waals surface area contributed by atoms with E-state index < -0.39 is 0 Å². The Hall–Kier alpha value is -1.40. The van der Waals surface area contributed by atoms with Gasteiger partial charge in [-0.05, 0) is 74.2 Å². The van der Waals surface area contributed by atoms with Gasteiger partial charge in [0.2, 0.25) is 5.95 Å². The van der Waals surface area contributed by atoms with Crippen molar-refractivity contribution in [1.82, 2.24) is 9.97 Å². The van der Waals surface area contributed by atoms with Crippen molar-refractivity contribution in [1.29, 1.82) is 0 Å². The average molecular weight is 401 g/mol. The van der Waals surface area contributed by atoms with Crippen LogP contribution in [-0.2, 0) is 4.74 Å². The second kappa shape index (κ2) is 7.09. The zero-order valence-corrected chi connectivity index (χ0v) is 18.0. The molecule has 5 aliphatic rings. The third kappa shape index (κ3) is 3.98. The topological polar surface area (TPSA) is 70.5 Å². The summed E-state index contributed by atoms with van der Waals surface area (Å²) in [5.41, 5.74) is 1.06. The van der Waals surface area contributed by atoms with E-state index in [1.807, 2.05) is 6.07 Å². The third-order valence-electron chi connectivity index (χ3n) is 7.73. The zero-order chi connectivity index (χ0) is 20.1. The number of aromatic nitrogens is 2.